The highest BCUT2D eigenvalue weighted by Crippen LogP contribution is 2.25. The molecule has 0 radical (unpaired) electrons. The highest BCUT2D eigenvalue weighted by Gasteiger charge is 2.05. The summed E-state index contributed by atoms with van der Waals surface area (Å²) in [6, 6.07) is 5.78. The molecule has 0 saturated heterocycles. The van der Waals surface area contributed by atoms with Gasteiger partial charge in [-0.05, 0) is 30.2 Å². The van der Waals surface area contributed by atoms with Crippen molar-refractivity contribution in [1.82, 2.24) is 0 Å². The van der Waals surface area contributed by atoms with Gasteiger partial charge in [-0.1, -0.05) is 13.0 Å². The lowest BCUT2D eigenvalue weighted by Crippen LogP contribution is -2.09. The Morgan fingerprint density at radius 3 is 2.62 bits per heavy atom. The van der Waals surface area contributed by atoms with Gasteiger partial charge in [0.15, 0.2) is 0 Å². The number of hydrogen-bond acceptors (Lipinski definition) is 3. The minimum atomic E-state index is 0.341. The maximum atomic E-state index is 5.76. The summed E-state index contributed by atoms with van der Waals surface area (Å²) in [4.78, 5) is 0. The van der Waals surface area contributed by atoms with Gasteiger partial charge in [0, 0.05) is 0 Å². The first kappa shape index (κ1) is 9.86. The monoisotopic (exact) mass is 180 g/mol. The van der Waals surface area contributed by atoms with Gasteiger partial charge in [0.05, 0.1) is 12.8 Å². The molecule has 3 nitrogen and oxygen atoms in total. The van der Waals surface area contributed by atoms with Gasteiger partial charge in [-0.25, -0.2) is 0 Å². The summed E-state index contributed by atoms with van der Waals surface area (Å²) in [6.45, 7) is 2.70. The van der Waals surface area contributed by atoms with Gasteiger partial charge in [0.2, 0.25) is 0 Å². The molecule has 0 spiro atoms. The van der Waals surface area contributed by atoms with Crippen LogP contribution in [-0.2, 0) is 0 Å². The number of methoxy groups -OCH3 is 1. The van der Waals surface area contributed by atoms with Gasteiger partial charge in [0.25, 0.3) is 0 Å². The molecule has 0 aliphatic carbocycles. The van der Waals surface area contributed by atoms with Crippen molar-refractivity contribution in [2.75, 3.05) is 19.4 Å². The van der Waals surface area contributed by atoms with Crippen LogP contribution < -0.4 is 16.2 Å². The molecule has 0 saturated carbocycles. The van der Waals surface area contributed by atoms with Crippen LogP contribution in [0.5, 0.6) is 5.75 Å². The summed E-state index contributed by atoms with van der Waals surface area (Å²) < 4.78 is 5.06. The van der Waals surface area contributed by atoms with E-state index in [2.05, 4.69) is 6.92 Å². The maximum Gasteiger partial charge on any atom is 0.141 e. The maximum absolute atomic E-state index is 5.76. The number of hydrogen-bond donors (Lipinski definition) is 2. The number of benzene rings is 1. The minimum Gasteiger partial charge on any atom is -0.495 e. The number of anilines is 1. The molecular weight excluding hydrogens is 164 g/mol. The Balaban J connectivity index is 2.95. The highest BCUT2D eigenvalue weighted by molar-refractivity contribution is 5.54. The molecule has 72 valence electrons. The summed E-state index contributed by atoms with van der Waals surface area (Å²) in [6.07, 6.45) is 0. The number of nitrogens with two attached hydrogens (primary N) is 2. The standard InChI is InChI=1S/C10H16N2O/c1-7(6-11)8-3-4-10(13-2)9(12)5-8/h3-5,7H,6,11-12H2,1-2H3. The zero-order valence-electron chi connectivity index (χ0n) is 8.08. The average molecular weight is 180 g/mol. The van der Waals surface area contributed by atoms with Crippen LogP contribution >= 0.6 is 0 Å². The molecule has 0 bridgehead atoms. The molecule has 0 heterocycles. The predicted molar refractivity (Wildman–Crippen MR) is 54.9 cm³/mol. The van der Waals surface area contributed by atoms with Gasteiger partial charge >= 0.3 is 0 Å². The topological polar surface area (TPSA) is 61.3 Å². The Kier molecular flexibility index (Phi) is 3.14. The molecule has 1 aromatic rings. The summed E-state index contributed by atoms with van der Waals surface area (Å²) in [7, 11) is 1.61. The normalized spacial score (nSPS) is 12.5. The summed E-state index contributed by atoms with van der Waals surface area (Å²) in [5, 5.41) is 0. The van der Waals surface area contributed by atoms with Crippen molar-refractivity contribution in [3.8, 4) is 5.75 Å². The minimum absolute atomic E-state index is 0.341. The average Bonchev–Trinajstić information content (AvgIpc) is 2.16. The highest BCUT2D eigenvalue weighted by atomic mass is 16.5. The Bertz CT molecular complexity index is 286. The van der Waals surface area contributed by atoms with E-state index >= 15 is 0 Å². The van der Waals surface area contributed by atoms with Crippen LogP contribution in [0.3, 0.4) is 0 Å². The molecule has 0 aliphatic rings. The van der Waals surface area contributed by atoms with E-state index in [9.17, 15) is 0 Å². The van der Waals surface area contributed by atoms with Crippen molar-refractivity contribution in [2.24, 2.45) is 5.73 Å². The number of ether oxygens (including phenoxy) is 1. The predicted octanol–water partition coefficient (Wildman–Crippen LogP) is 1.34. The van der Waals surface area contributed by atoms with Gasteiger partial charge in [0.1, 0.15) is 5.75 Å². The molecule has 1 unspecified atom stereocenters. The third kappa shape index (κ3) is 2.12. The molecule has 0 aromatic heterocycles. The molecule has 0 fully saturated rings. The number of nitrogen functional groups attached to an aromatic ring is 1. The van der Waals surface area contributed by atoms with E-state index in [-0.39, 0.29) is 0 Å². The van der Waals surface area contributed by atoms with Crippen molar-refractivity contribution in [3.63, 3.8) is 0 Å². The summed E-state index contributed by atoms with van der Waals surface area (Å²) in [5.41, 5.74) is 13.1. The lowest BCUT2D eigenvalue weighted by Gasteiger charge is -2.11. The van der Waals surface area contributed by atoms with E-state index in [0.29, 0.717) is 23.9 Å². The Morgan fingerprint density at radius 2 is 2.15 bits per heavy atom. The largest absolute Gasteiger partial charge is 0.495 e. The van der Waals surface area contributed by atoms with Gasteiger partial charge in [-0.2, -0.15) is 0 Å². The van der Waals surface area contributed by atoms with Crippen LogP contribution in [0.4, 0.5) is 5.69 Å². The number of rotatable bonds is 3. The molecule has 1 atom stereocenters. The first-order valence-electron chi connectivity index (χ1n) is 4.32. The quantitative estimate of drug-likeness (QED) is 0.690. The van der Waals surface area contributed by atoms with E-state index < -0.39 is 0 Å². The SMILES string of the molecule is COc1ccc(C(C)CN)cc1N. The second-order valence-electron chi connectivity index (χ2n) is 3.14. The van der Waals surface area contributed by atoms with E-state index in [0.717, 1.165) is 5.56 Å². The Labute approximate surface area is 78.7 Å². The second-order valence-corrected chi connectivity index (χ2v) is 3.14. The van der Waals surface area contributed by atoms with Gasteiger partial charge < -0.3 is 16.2 Å². The van der Waals surface area contributed by atoms with Gasteiger partial charge in [-0.15, -0.1) is 0 Å². The van der Waals surface area contributed by atoms with Crippen molar-refractivity contribution >= 4 is 5.69 Å². The molecular formula is C10H16N2O. The smallest absolute Gasteiger partial charge is 0.141 e. The van der Waals surface area contributed by atoms with E-state index in [1.54, 1.807) is 7.11 Å². The van der Waals surface area contributed by atoms with E-state index in [1.165, 1.54) is 0 Å². The van der Waals surface area contributed by atoms with Crippen LogP contribution in [0.1, 0.15) is 18.4 Å². The molecule has 0 amide bonds. The molecule has 13 heavy (non-hydrogen) atoms. The lowest BCUT2D eigenvalue weighted by molar-refractivity contribution is 0.417. The van der Waals surface area contributed by atoms with Crippen molar-refractivity contribution in [2.45, 2.75) is 12.8 Å². The Morgan fingerprint density at radius 1 is 1.46 bits per heavy atom. The first-order chi connectivity index (χ1) is 6.19. The first-order valence-corrected chi connectivity index (χ1v) is 4.32. The van der Waals surface area contributed by atoms with Crippen LogP contribution in [0, 0.1) is 0 Å². The molecule has 4 N–H and O–H groups in total. The van der Waals surface area contributed by atoms with Crippen molar-refractivity contribution < 1.29 is 4.74 Å². The van der Waals surface area contributed by atoms with E-state index in [4.69, 9.17) is 16.2 Å². The third-order valence-corrected chi connectivity index (χ3v) is 2.18. The fourth-order valence-corrected chi connectivity index (χ4v) is 1.20. The Hall–Kier alpha value is -1.22. The third-order valence-electron chi connectivity index (χ3n) is 2.18. The van der Waals surface area contributed by atoms with Crippen LogP contribution in [0.15, 0.2) is 18.2 Å². The van der Waals surface area contributed by atoms with Crippen LogP contribution in [0.25, 0.3) is 0 Å². The molecule has 3 heteroatoms. The fourth-order valence-electron chi connectivity index (χ4n) is 1.20. The summed E-state index contributed by atoms with van der Waals surface area (Å²) in [5.74, 6) is 1.06. The summed E-state index contributed by atoms with van der Waals surface area (Å²) >= 11 is 0. The zero-order chi connectivity index (χ0) is 9.84. The molecule has 1 aromatic carbocycles. The fraction of sp³-hybridized carbons (Fsp3) is 0.400. The second kappa shape index (κ2) is 4.14. The lowest BCUT2D eigenvalue weighted by atomic mass is 10.0. The van der Waals surface area contributed by atoms with Crippen molar-refractivity contribution in [1.29, 1.82) is 0 Å². The molecule has 1 rings (SSSR count). The molecule has 0 aliphatic heterocycles. The zero-order valence-corrected chi connectivity index (χ0v) is 8.08. The van der Waals surface area contributed by atoms with E-state index in [1.807, 2.05) is 18.2 Å². The van der Waals surface area contributed by atoms with Crippen LogP contribution in [-0.4, -0.2) is 13.7 Å². The van der Waals surface area contributed by atoms with Crippen molar-refractivity contribution in [3.05, 3.63) is 23.8 Å². The van der Waals surface area contributed by atoms with Gasteiger partial charge in [-0.3, -0.25) is 0 Å². The van der Waals surface area contributed by atoms with Crippen LogP contribution in [0.2, 0.25) is 0 Å².